The zero-order chi connectivity index (χ0) is 24.5. The zero-order valence-corrected chi connectivity index (χ0v) is 23.6. The maximum absolute atomic E-state index is 12.7. The van der Waals surface area contributed by atoms with Crippen molar-refractivity contribution in [3.05, 3.63) is 32.1 Å². The van der Waals surface area contributed by atoms with Gasteiger partial charge in [0.2, 0.25) is 0 Å². The minimum Gasteiger partial charge on any atom is -0.543 e. The number of fused-ring (bicyclic) bond motifs is 1. The Labute approximate surface area is 233 Å². The number of nitrogen functional groups attached to an aromatic ring is 1. The Kier molecular flexibility index (Phi) is 9.92. The van der Waals surface area contributed by atoms with E-state index in [-0.39, 0.29) is 61.9 Å². The van der Waals surface area contributed by atoms with E-state index < -0.39 is 44.7 Å². The van der Waals surface area contributed by atoms with Gasteiger partial charge in [-0.05, 0) is 5.41 Å². The van der Waals surface area contributed by atoms with Gasteiger partial charge in [0.1, 0.15) is 21.4 Å². The van der Waals surface area contributed by atoms with E-state index >= 15 is 0 Å². The summed E-state index contributed by atoms with van der Waals surface area (Å²) in [6.45, 7) is 0. The smallest absolute Gasteiger partial charge is 0.543 e. The van der Waals surface area contributed by atoms with E-state index in [4.69, 9.17) is 17.3 Å². The minimum absolute atomic E-state index is 0. The van der Waals surface area contributed by atoms with Crippen molar-refractivity contribution < 1.29 is 62.7 Å². The predicted molar refractivity (Wildman–Crippen MR) is 123 cm³/mol. The van der Waals surface area contributed by atoms with Crippen LogP contribution in [0.5, 0.6) is 0 Å². The number of anilines is 1. The molecule has 1 fully saturated rings. The molecular formula is C16H15ClN5NaO7S4. The molecule has 3 rings (SSSR count). The Morgan fingerprint density at radius 3 is 2.71 bits per heavy atom. The molecule has 3 heterocycles. The Balaban J connectivity index is 0.00000408. The van der Waals surface area contributed by atoms with Crippen LogP contribution in [0.3, 0.4) is 0 Å². The summed E-state index contributed by atoms with van der Waals surface area (Å²) in [5.41, 5.74) is 4.47. The normalized spacial score (nSPS) is 20.6. The Morgan fingerprint density at radius 2 is 2.18 bits per heavy atom. The number of amides is 2. The van der Waals surface area contributed by atoms with E-state index in [0.717, 1.165) is 34.3 Å². The van der Waals surface area contributed by atoms with Gasteiger partial charge in [0.15, 0.2) is 20.7 Å². The largest absolute Gasteiger partial charge is 1.00 e. The van der Waals surface area contributed by atoms with Gasteiger partial charge in [-0.1, -0.05) is 45.9 Å². The monoisotopic (exact) mass is 575 g/mol. The molecule has 2 atom stereocenters. The van der Waals surface area contributed by atoms with Crippen LogP contribution in [0.2, 0.25) is 4.34 Å². The third-order valence-electron chi connectivity index (χ3n) is 4.26. The van der Waals surface area contributed by atoms with E-state index in [0.29, 0.717) is 4.91 Å². The van der Waals surface area contributed by atoms with Crippen molar-refractivity contribution in [1.82, 2.24) is 15.2 Å². The van der Waals surface area contributed by atoms with Crippen molar-refractivity contribution in [2.24, 2.45) is 5.16 Å². The molecule has 1 saturated heterocycles. The van der Waals surface area contributed by atoms with Crippen LogP contribution in [0, 0.1) is 0 Å². The number of sulfone groups is 1. The molecule has 1 unspecified atom stereocenters. The Hall–Kier alpha value is -1.27. The molecule has 4 N–H and O–H groups in total. The van der Waals surface area contributed by atoms with Gasteiger partial charge in [-0.3, -0.25) is 14.5 Å². The van der Waals surface area contributed by atoms with Gasteiger partial charge < -0.3 is 26.2 Å². The van der Waals surface area contributed by atoms with E-state index in [9.17, 15) is 33.1 Å². The summed E-state index contributed by atoms with van der Waals surface area (Å²) in [6.07, 6.45) is 2.43. The second-order valence-corrected chi connectivity index (χ2v) is 12.5. The fourth-order valence-corrected chi connectivity index (χ4v) is 6.71. The second kappa shape index (κ2) is 11.6. The first-order valence-electron chi connectivity index (χ1n) is 8.78. The molecule has 34 heavy (non-hydrogen) atoms. The summed E-state index contributed by atoms with van der Waals surface area (Å²) < 4.78 is 22.4. The fraction of sp³-hybridized carbons (Fsp3) is 0.312. The Morgan fingerprint density at radius 1 is 1.50 bits per heavy atom. The number of oxime groups is 1. The molecule has 0 bridgehead atoms. The molecule has 2 aliphatic rings. The number of nitrogens with two attached hydrogens (primary N) is 1. The summed E-state index contributed by atoms with van der Waals surface area (Å²) in [6, 6.07) is -1.10. The van der Waals surface area contributed by atoms with Crippen LogP contribution < -0.4 is 45.7 Å². The molecule has 2 aliphatic heterocycles. The SMILES string of the molecule is CS(=O)(=O)C/C=C\SC1=C(C(=O)[O-])N2C(=O)C(NC(=O)/C(=N\O)c3nc(N)sc3Cl)[C@H]2SC1.[Na+]. The second-order valence-electron chi connectivity index (χ2n) is 6.63. The number of carbonyl (C=O) groups is 3. The van der Waals surface area contributed by atoms with E-state index in [1.807, 2.05) is 0 Å². The van der Waals surface area contributed by atoms with Crippen molar-refractivity contribution in [2.75, 3.05) is 23.5 Å². The molecule has 18 heteroatoms. The molecule has 2 amide bonds. The molecule has 0 radical (unpaired) electrons. The number of nitrogens with one attached hydrogen (secondary N) is 1. The topological polar surface area (TPSA) is 195 Å². The number of carbonyl (C=O) groups excluding carboxylic acids is 3. The van der Waals surface area contributed by atoms with Gasteiger partial charge in [-0.15, -0.1) is 11.8 Å². The molecule has 0 aliphatic carbocycles. The molecule has 12 nitrogen and oxygen atoms in total. The van der Waals surface area contributed by atoms with Crippen LogP contribution >= 0.6 is 46.5 Å². The Bertz CT molecular complexity index is 1220. The third-order valence-corrected chi connectivity index (χ3v) is 8.56. The van der Waals surface area contributed by atoms with Gasteiger partial charge in [0, 0.05) is 16.9 Å². The van der Waals surface area contributed by atoms with Gasteiger partial charge in [0.25, 0.3) is 11.8 Å². The third kappa shape index (κ3) is 6.29. The first-order chi connectivity index (χ1) is 15.4. The summed E-state index contributed by atoms with van der Waals surface area (Å²) in [5, 5.41) is 27.0. The first-order valence-corrected chi connectivity index (χ1v) is 14.0. The van der Waals surface area contributed by atoms with E-state index in [1.165, 1.54) is 23.2 Å². The van der Waals surface area contributed by atoms with E-state index in [1.54, 1.807) is 0 Å². The number of aliphatic carboxylic acids is 1. The number of carboxylic acid groups (broad SMARTS) is 1. The first kappa shape index (κ1) is 29.0. The number of thiazole rings is 1. The standard InChI is InChI=1S/C16H16ClN5O7S4.Na/c1-33(28,29)4-2-3-30-6-5-31-14-9(13(24)22(14)10(6)15(25)26)19-12(23)8(21-27)7-11(17)32-16(18)20-7;/h2-3,9,14,27H,4-5H2,1H3,(H2,18,20)(H,19,23)(H,25,26);/q;+1/p-1/b3-2-,21-8-;/t9?,14-;/m1./s1. The van der Waals surface area contributed by atoms with E-state index in [2.05, 4.69) is 15.5 Å². The zero-order valence-electron chi connectivity index (χ0n) is 17.6. The number of β-lactam (4-membered cyclic amide) rings is 1. The molecule has 1 aromatic rings. The van der Waals surface area contributed by atoms with Crippen molar-refractivity contribution in [3.8, 4) is 0 Å². The summed E-state index contributed by atoms with van der Waals surface area (Å²) >= 11 is 8.96. The van der Waals surface area contributed by atoms with Gasteiger partial charge in [-0.25, -0.2) is 13.4 Å². The van der Waals surface area contributed by atoms with Gasteiger partial charge >= 0.3 is 29.6 Å². The number of nitrogens with zero attached hydrogens (tertiary/aromatic N) is 3. The van der Waals surface area contributed by atoms with Crippen molar-refractivity contribution in [1.29, 1.82) is 0 Å². The number of carboxylic acids is 1. The van der Waals surface area contributed by atoms with Crippen molar-refractivity contribution >= 4 is 84.9 Å². The quantitative estimate of drug-likeness (QED) is 0.0904. The summed E-state index contributed by atoms with van der Waals surface area (Å²) in [5.74, 6) is -3.29. The molecular weight excluding hydrogens is 561 g/mol. The predicted octanol–water partition coefficient (Wildman–Crippen LogP) is -3.79. The van der Waals surface area contributed by atoms with Crippen LogP contribution in [0.15, 0.2) is 27.2 Å². The van der Waals surface area contributed by atoms with Crippen LogP contribution in [0.1, 0.15) is 5.69 Å². The van der Waals surface area contributed by atoms with Crippen LogP contribution in [-0.2, 0) is 24.2 Å². The minimum atomic E-state index is -3.23. The maximum Gasteiger partial charge on any atom is 1.00 e. The average Bonchev–Trinajstić information content (AvgIpc) is 3.06. The number of thioether (sulfide) groups is 2. The number of halogens is 1. The van der Waals surface area contributed by atoms with Crippen LogP contribution in [0.4, 0.5) is 5.13 Å². The van der Waals surface area contributed by atoms with Crippen LogP contribution in [-0.4, -0.2) is 76.2 Å². The van der Waals surface area contributed by atoms with Crippen molar-refractivity contribution in [3.63, 3.8) is 0 Å². The van der Waals surface area contributed by atoms with Crippen molar-refractivity contribution in [2.45, 2.75) is 11.4 Å². The maximum atomic E-state index is 12.7. The van der Waals surface area contributed by atoms with Crippen LogP contribution in [0.25, 0.3) is 0 Å². The number of hydrogen-bond acceptors (Lipinski definition) is 13. The summed E-state index contributed by atoms with van der Waals surface area (Å²) in [7, 11) is -3.23. The molecule has 0 spiro atoms. The molecule has 0 aromatic carbocycles. The fourth-order valence-electron chi connectivity index (χ4n) is 2.89. The number of hydrogen-bond donors (Lipinski definition) is 3. The number of rotatable bonds is 8. The molecule has 178 valence electrons. The summed E-state index contributed by atoms with van der Waals surface area (Å²) in [4.78, 5) is 42.1. The van der Waals surface area contributed by atoms with Gasteiger partial charge in [-0.2, -0.15) is 0 Å². The molecule has 0 saturated carbocycles. The number of aromatic nitrogens is 1. The molecule has 1 aromatic heterocycles. The average molecular weight is 576 g/mol. The van der Waals surface area contributed by atoms with Gasteiger partial charge in [0.05, 0.1) is 17.4 Å².